The first kappa shape index (κ1) is 15.1. The van der Waals surface area contributed by atoms with Crippen LogP contribution in [0.25, 0.3) is 10.9 Å². The topological polar surface area (TPSA) is 47.4 Å². The highest BCUT2D eigenvalue weighted by atomic mass is 19.1. The number of nitrogens with zero attached hydrogens (tertiary/aromatic N) is 3. The molecule has 2 aromatic rings. The summed E-state index contributed by atoms with van der Waals surface area (Å²) < 4.78 is 21.1. The Morgan fingerprint density at radius 1 is 1.36 bits per heavy atom. The van der Waals surface area contributed by atoms with Crippen LogP contribution in [0.2, 0.25) is 0 Å². The van der Waals surface area contributed by atoms with E-state index in [0.717, 1.165) is 6.54 Å². The fourth-order valence-corrected chi connectivity index (χ4v) is 3.08. The van der Waals surface area contributed by atoms with Crippen LogP contribution in [-0.4, -0.2) is 46.8 Å². The minimum Gasteiger partial charge on any atom is -0.378 e. The van der Waals surface area contributed by atoms with E-state index in [0.29, 0.717) is 18.1 Å². The zero-order valence-corrected chi connectivity index (χ0v) is 13.0. The Morgan fingerprint density at radius 2 is 2.14 bits per heavy atom. The number of ether oxygens (including phenoxy) is 1. The van der Waals surface area contributed by atoms with Crippen LogP contribution < -0.4 is 5.56 Å². The van der Waals surface area contributed by atoms with E-state index in [9.17, 15) is 9.18 Å². The number of benzene rings is 1. The van der Waals surface area contributed by atoms with Crippen LogP contribution in [0.3, 0.4) is 0 Å². The Hall–Kier alpha value is -1.79. The van der Waals surface area contributed by atoms with Crippen molar-refractivity contribution in [2.24, 2.45) is 0 Å². The molecule has 0 aliphatic carbocycles. The van der Waals surface area contributed by atoms with Gasteiger partial charge in [-0.1, -0.05) is 6.07 Å². The number of methoxy groups -OCH3 is 1. The van der Waals surface area contributed by atoms with Crippen molar-refractivity contribution in [1.82, 2.24) is 14.5 Å². The Balaban J connectivity index is 2.08. The van der Waals surface area contributed by atoms with Crippen molar-refractivity contribution >= 4 is 10.9 Å². The monoisotopic (exact) mass is 305 g/mol. The molecular weight excluding hydrogens is 285 g/mol. The summed E-state index contributed by atoms with van der Waals surface area (Å²) in [5, 5.41) is 0.0443. The van der Waals surface area contributed by atoms with E-state index in [1.54, 1.807) is 19.2 Å². The molecule has 3 rings (SSSR count). The van der Waals surface area contributed by atoms with E-state index in [-0.39, 0.29) is 23.1 Å². The number of hydrogen-bond donors (Lipinski definition) is 0. The molecule has 0 radical (unpaired) electrons. The summed E-state index contributed by atoms with van der Waals surface area (Å²) in [7, 11) is 1.64. The highest BCUT2D eigenvalue weighted by molar-refractivity contribution is 5.77. The summed E-state index contributed by atoms with van der Waals surface area (Å²) in [4.78, 5) is 19.2. The van der Waals surface area contributed by atoms with Crippen LogP contribution in [0.15, 0.2) is 29.3 Å². The maximum atomic E-state index is 14.0. The molecule has 118 valence electrons. The maximum absolute atomic E-state index is 14.0. The van der Waals surface area contributed by atoms with Gasteiger partial charge >= 0.3 is 0 Å². The molecule has 0 bridgehead atoms. The van der Waals surface area contributed by atoms with Crippen molar-refractivity contribution in [3.63, 3.8) is 0 Å². The van der Waals surface area contributed by atoms with Crippen molar-refractivity contribution in [1.29, 1.82) is 0 Å². The molecule has 22 heavy (non-hydrogen) atoms. The van der Waals surface area contributed by atoms with Gasteiger partial charge in [0.2, 0.25) is 0 Å². The van der Waals surface area contributed by atoms with Gasteiger partial charge in [-0.25, -0.2) is 9.37 Å². The molecule has 0 amide bonds. The van der Waals surface area contributed by atoms with Crippen molar-refractivity contribution < 1.29 is 9.13 Å². The Kier molecular flexibility index (Phi) is 3.97. The Labute approximate surface area is 128 Å². The van der Waals surface area contributed by atoms with Gasteiger partial charge in [-0.3, -0.25) is 14.3 Å². The van der Waals surface area contributed by atoms with Crippen molar-refractivity contribution in [3.05, 3.63) is 40.7 Å². The molecule has 6 heteroatoms. The van der Waals surface area contributed by atoms with Crippen LogP contribution in [0.5, 0.6) is 0 Å². The number of halogens is 1. The lowest BCUT2D eigenvalue weighted by Crippen LogP contribution is -2.33. The lowest BCUT2D eigenvalue weighted by atomic mass is 10.2. The Bertz CT molecular complexity index is 744. The molecule has 2 atom stereocenters. The van der Waals surface area contributed by atoms with Crippen molar-refractivity contribution in [3.8, 4) is 0 Å². The number of aromatic nitrogens is 2. The number of hydrogen-bond acceptors (Lipinski definition) is 4. The van der Waals surface area contributed by atoms with Crippen LogP contribution in [-0.2, 0) is 4.74 Å². The van der Waals surface area contributed by atoms with Crippen molar-refractivity contribution in [2.45, 2.75) is 32.0 Å². The highest BCUT2D eigenvalue weighted by Gasteiger charge is 2.36. The lowest BCUT2D eigenvalue weighted by molar-refractivity contribution is 0.0787. The van der Waals surface area contributed by atoms with Crippen LogP contribution in [0, 0.1) is 5.82 Å². The third-order valence-corrected chi connectivity index (χ3v) is 4.42. The second-order valence-corrected chi connectivity index (χ2v) is 5.98. The zero-order valence-electron chi connectivity index (χ0n) is 13.0. The molecule has 1 aliphatic rings. The molecule has 1 aromatic carbocycles. The van der Waals surface area contributed by atoms with Crippen LogP contribution >= 0.6 is 0 Å². The largest absolute Gasteiger partial charge is 0.378 e. The standard InChI is InChI=1S/C16H20FN3O2/c1-10(2)19-7-13(14(8-19)22-3)20-9-18-12-6-4-5-11(17)15(12)16(20)21/h4-6,9-10,13-14H,7-8H2,1-3H3/t13-,14-/m0/s1. The summed E-state index contributed by atoms with van der Waals surface area (Å²) in [5.41, 5.74) is 0.0367. The van der Waals surface area contributed by atoms with Gasteiger partial charge < -0.3 is 4.74 Å². The molecule has 0 N–H and O–H groups in total. The van der Waals surface area contributed by atoms with E-state index in [1.807, 2.05) is 0 Å². The average Bonchev–Trinajstić information content (AvgIpc) is 2.92. The molecule has 0 unspecified atom stereocenters. The smallest absolute Gasteiger partial charge is 0.264 e. The molecule has 1 aliphatic heterocycles. The second kappa shape index (κ2) is 5.78. The molecule has 1 aromatic heterocycles. The second-order valence-electron chi connectivity index (χ2n) is 5.98. The average molecular weight is 305 g/mol. The maximum Gasteiger partial charge on any atom is 0.264 e. The number of fused-ring (bicyclic) bond motifs is 1. The van der Waals surface area contributed by atoms with Gasteiger partial charge in [0.25, 0.3) is 5.56 Å². The molecule has 2 heterocycles. The summed E-state index contributed by atoms with van der Waals surface area (Å²) in [5.74, 6) is -0.531. The summed E-state index contributed by atoms with van der Waals surface area (Å²) in [6.45, 7) is 5.66. The van der Waals surface area contributed by atoms with Gasteiger partial charge in [0.15, 0.2) is 0 Å². The third kappa shape index (κ3) is 2.42. The third-order valence-electron chi connectivity index (χ3n) is 4.42. The van der Waals surface area contributed by atoms with Gasteiger partial charge in [0.1, 0.15) is 11.2 Å². The van der Waals surface area contributed by atoms with Gasteiger partial charge in [0.05, 0.1) is 24.0 Å². The predicted octanol–water partition coefficient (Wildman–Crippen LogP) is 1.82. The molecule has 1 saturated heterocycles. The summed E-state index contributed by atoms with van der Waals surface area (Å²) >= 11 is 0. The molecule has 0 spiro atoms. The lowest BCUT2D eigenvalue weighted by Gasteiger charge is -2.20. The van der Waals surface area contributed by atoms with Gasteiger partial charge in [0, 0.05) is 26.2 Å². The first-order valence-electron chi connectivity index (χ1n) is 7.45. The minimum atomic E-state index is -0.531. The summed E-state index contributed by atoms with van der Waals surface area (Å²) in [6, 6.07) is 4.70. The normalized spacial score (nSPS) is 22.8. The number of rotatable bonds is 3. The fourth-order valence-electron chi connectivity index (χ4n) is 3.08. The molecule has 0 saturated carbocycles. The van der Waals surface area contributed by atoms with E-state index < -0.39 is 5.82 Å². The van der Waals surface area contributed by atoms with Gasteiger partial charge in [-0.15, -0.1) is 0 Å². The van der Waals surface area contributed by atoms with E-state index in [1.165, 1.54) is 17.0 Å². The first-order chi connectivity index (χ1) is 10.5. The molecular formula is C16H20FN3O2. The van der Waals surface area contributed by atoms with Gasteiger partial charge in [-0.2, -0.15) is 0 Å². The predicted molar refractivity (Wildman–Crippen MR) is 82.5 cm³/mol. The first-order valence-corrected chi connectivity index (χ1v) is 7.45. The number of likely N-dealkylation sites (tertiary alicyclic amines) is 1. The SMILES string of the molecule is CO[C@H]1CN(C(C)C)C[C@@H]1n1cnc2cccc(F)c2c1=O. The van der Waals surface area contributed by atoms with E-state index in [2.05, 4.69) is 23.7 Å². The van der Waals surface area contributed by atoms with E-state index >= 15 is 0 Å². The van der Waals surface area contributed by atoms with Crippen molar-refractivity contribution in [2.75, 3.05) is 20.2 Å². The highest BCUT2D eigenvalue weighted by Crippen LogP contribution is 2.25. The Morgan fingerprint density at radius 3 is 2.82 bits per heavy atom. The van der Waals surface area contributed by atoms with Crippen LogP contribution in [0.1, 0.15) is 19.9 Å². The van der Waals surface area contributed by atoms with Gasteiger partial charge in [-0.05, 0) is 26.0 Å². The molecule has 1 fully saturated rings. The molecule has 5 nitrogen and oxygen atoms in total. The zero-order chi connectivity index (χ0) is 15.9. The minimum absolute atomic E-state index is 0.0443. The van der Waals surface area contributed by atoms with Crippen LogP contribution in [0.4, 0.5) is 4.39 Å². The summed E-state index contributed by atoms with van der Waals surface area (Å²) in [6.07, 6.45) is 1.40. The quantitative estimate of drug-likeness (QED) is 0.868. The fraction of sp³-hybridized carbons (Fsp3) is 0.500. The van der Waals surface area contributed by atoms with E-state index in [4.69, 9.17) is 4.74 Å².